The molecule has 1 fully saturated rings. The third kappa shape index (κ3) is 2.76. The van der Waals surface area contributed by atoms with Crippen molar-refractivity contribution in [1.29, 1.82) is 0 Å². The molecule has 0 spiro atoms. The topological polar surface area (TPSA) is 72.1 Å². The average Bonchev–Trinajstić information content (AvgIpc) is 2.97. The molecule has 1 aromatic carbocycles. The molecule has 108 valence electrons. The summed E-state index contributed by atoms with van der Waals surface area (Å²) in [5, 5.41) is 0. The van der Waals surface area contributed by atoms with Crippen molar-refractivity contribution in [3.05, 3.63) is 52.4 Å². The summed E-state index contributed by atoms with van der Waals surface area (Å²) >= 11 is 3.61. The van der Waals surface area contributed by atoms with Crippen LogP contribution >= 0.6 is 15.9 Å². The number of hydrogen-bond acceptors (Lipinski definition) is 4. The number of aromatic nitrogens is 2. The van der Waals surface area contributed by atoms with Crippen LogP contribution in [0, 0.1) is 0 Å². The molecule has 1 aliphatic heterocycles. The Bertz CT molecular complexity index is 676. The summed E-state index contributed by atoms with van der Waals surface area (Å²) in [4.78, 5) is 21.9. The maximum absolute atomic E-state index is 11.3. The van der Waals surface area contributed by atoms with Gasteiger partial charge in [-0.05, 0) is 24.5 Å². The number of carbonyl (C=O) groups excluding carboxylic acids is 1. The van der Waals surface area contributed by atoms with Gasteiger partial charge in [0.2, 0.25) is 0 Å². The van der Waals surface area contributed by atoms with Crippen LogP contribution in [-0.2, 0) is 0 Å². The smallest absolute Gasteiger partial charge is 0.268 e. The van der Waals surface area contributed by atoms with Gasteiger partial charge in [0.15, 0.2) is 0 Å². The monoisotopic (exact) mass is 346 g/mol. The van der Waals surface area contributed by atoms with Crippen molar-refractivity contribution in [2.24, 2.45) is 5.73 Å². The van der Waals surface area contributed by atoms with Gasteiger partial charge in [0.25, 0.3) is 5.91 Å². The number of carbonyl (C=O) groups is 1. The van der Waals surface area contributed by atoms with Crippen molar-refractivity contribution in [3.8, 4) is 0 Å². The average molecular weight is 347 g/mol. The van der Waals surface area contributed by atoms with Gasteiger partial charge in [0.1, 0.15) is 11.5 Å². The van der Waals surface area contributed by atoms with Crippen LogP contribution in [0.3, 0.4) is 0 Å². The number of anilines is 1. The van der Waals surface area contributed by atoms with Gasteiger partial charge in [0.05, 0.1) is 18.4 Å². The van der Waals surface area contributed by atoms with E-state index in [1.54, 1.807) is 6.20 Å². The maximum Gasteiger partial charge on any atom is 0.268 e. The van der Waals surface area contributed by atoms with E-state index in [0.717, 1.165) is 23.9 Å². The maximum atomic E-state index is 11.3. The van der Waals surface area contributed by atoms with Crippen molar-refractivity contribution >= 4 is 27.7 Å². The van der Waals surface area contributed by atoms with E-state index in [4.69, 9.17) is 5.73 Å². The molecule has 21 heavy (non-hydrogen) atoms. The van der Waals surface area contributed by atoms with Crippen LogP contribution in [-0.4, -0.2) is 22.4 Å². The van der Waals surface area contributed by atoms with Crippen LogP contribution in [0.25, 0.3) is 0 Å². The Hall–Kier alpha value is -1.95. The number of hydrogen-bond donors (Lipinski definition) is 1. The summed E-state index contributed by atoms with van der Waals surface area (Å²) in [6.07, 6.45) is 5.20. The van der Waals surface area contributed by atoms with Gasteiger partial charge in [0, 0.05) is 11.0 Å². The van der Waals surface area contributed by atoms with Gasteiger partial charge >= 0.3 is 0 Å². The Labute approximate surface area is 131 Å². The molecule has 3 rings (SSSR count). The molecule has 2 aromatic rings. The summed E-state index contributed by atoms with van der Waals surface area (Å²) in [7, 11) is 0. The molecule has 1 aromatic heterocycles. The van der Waals surface area contributed by atoms with E-state index in [1.165, 1.54) is 11.8 Å². The van der Waals surface area contributed by atoms with Crippen LogP contribution < -0.4 is 10.6 Å². The highest BCUT2D eigenvalue weighted by atomic mass is 79.9. The van der Waals surface area contributed by atoms with Gasteiger partial charge in [-0.2, -0.15) is 0 Å². The van der Waals surface area contributed by atoms with Gasteiger partial charge < -0.3 is 10.6 Å². The SMILES string of the molecule is NC(=O)c1cncc(N2CCCC2c2ccccc2Br)n1. The Morgan fingerprint density at radius 1 is 1.33 bits per heavy atom. The normalized spacial score (nSPS) is 18.0. The van der Waals surface area contributed by atoms with Crippen LogP contribution in [0.15, 0.2) is 41.1 Å². The van der Waals surface area contributed by atoms with Crippen molar-refractivity contribution in [1.82, 2.24) is 9.97 Å². The van der Waals surface area contributed by atoms with Crippen LogP contribution in [0.2, 0.25) is 0 Å². The van der Waals surface area contributed by atoms with Gasteiger partial charge in [-0.15, -0.1) is 0 Å². The number of rotatable bonds is 3. The Kier molecular flexibility index (Phi) is 3.88. The summed E-state index contributed by atoms with van der Waals surface area (Å²) < 4.78 is 1.08. The minimum Gasteiger partial charge on any atom is -0.364 e. The molecular weight excluding hydrogens is 332 g/mol. The minimum atomic E-state index is -0.555. The highest BCUT2D eigenvalue weighted by molar-refractivity contribution is 9.10. The number of amides is 1. The van der Waals surface area contributed by atoms with E-state index in [-0.39, 0.29) is 11.7 Å². The van der Waals surface area contributed by atoms with E-state index in [1.807, 2.05) is 18.2 Å². The molecule has 1 atom stereocenters. The minimum absolute atomic E-state index is 0.199. The Morgan fingerprint density at radius 3 is 2.90 bits per heavy atom. The second-order valence-corrected chi connectivity index (χ2v) is 5.85. The summed E-state index contributed by atoms with van der Waals surface area (Å²) in [6, 6.07) is 8.41. The van der Waals surface area contributed by atoms with Crippen molar-refractivity contribution in [2.45, 2.75) is 18.9 Å². The zero-order valence-corrected chi connectivity index (χ0v) is 13.0. The largest absolute Gasteiger partial charge is 0.364 e. The molecular formula is C15H15BrN4O. The molecule has 0 saturated carbocycles. The summed E-state index contributed by atoms with van der Waals surface area (Å²) in [5.41, 5.74) is 6.71. The first-order valence-electron chi connectivity index (χ1n) is 6.80. The lowest BCUT2D eigenvalue weighted by Gasteiger charge is -2.26. The fraction of sp³-hybridized carbons (Fsp3) is 0.267. The number of nitrogens with zero attached hydrogens (tertiary/aromatic N) is 3. The molecule has 0 bridgehead atoms. The quantitative estimate of drug-likeness (QED) is 0.927. The summed E-state index contributed by atoms with van der Waals surface area (Å²) in [6.45, 7) is 0.892. The predicted molar refractivity (Wildman–Crippen MR) is 84.0 cm³/mol. The van der Waals surface area contributed by atoms with E-state index in [2.05, 4.69) is 36.9 Å². The van der Waals surface area contributed by atoms with Crippen LogP contribution in [0.5, 0.6) is 0 Å². The second-order valence-electron chi connectivity index (χ2n) is 5.00. The molecule has 1 unspecified atom stereocenters. The first-order valence-corrected chi connectivity index (χ1v) is 7.59. The number of nitrogens with two attached hydrogens (primary N) is 1. The van der Waals surface area contributed by atoms with E-state index in [9.17, 15) is 4.79 Å². The Balaban J connectivity index is 1.96. The fourth-order valence-electron chi connectivity index (χ4n) is 2.72. The van der Waals surface area contributed by atoms with Gasteiger partial charge in [-0.3, -0.25) is 9.78 Å². The van der Waals surface area contributed by atoms with E-state index >= 15 is 0 Å². The lowest BCUT2D eigenvalue weighted by Crippen LogP contribution is -2.25. The summed E-state index contributed by atoms with van der Waals surface area (Å²) in [5.74, 6) is 0.144. The molecule has 1 aliphatic rings. The second kappa shape index (κ2) is 5.81. The molecule has 0 aliphatic carbocycles. The van der Waals surface area contributed by atoms with Gasteiger partial charge in [-0.1, -0.05) is 34.1 Å². The van der Waals surface area contributed by atoms with Crippen molar-refractivity contribution in [3.63, 3.8) is 0 Å². The molecule has 1 saturated heterocycles. The predicted octanol–water partition coefficient (Wildman–Crippen LogP) is 2.68. The Morgan fingerprint density at radius 2 is 2.14 bits per heavy atom. The highest BCUT2D eigenvalue weighted by Gasteiger charge is 2.28. The zero-order chi connectivity index (χ0) is 14.8. The molecule has 2 heterocycles. The molecule has 6 heteroatoms. The molecule has 5 nitrogen and oxygen atoms in total. The lowest BCUT2D eigenvalue weighted by molar-refractivity contribution is 0.0995. The van der Waals surface area contributed by atoms with Crippen molar-refractivity contribution < 1.29 is 4.79 Å². The van der Waals surface area contributed by atoms with E-state index < -0.39 is 5.91 Å². The third-order valence-corrected chi connectivity index (χ3v) is 4.41. The molecule has 2 N–H and O–H groups in total. The van der Waals surface area contributed by atoms with Crippen LogP contribution in [0.1, 0.15) is 34.9 Å². The highest BCUT2D eigenvalue weighted by Crippen LogP contribution is 2.37. The van der Waals surface area contributed by atoms with Crippen molar-refractivity contribution in [2.75, 3.05) is 11.4 Å². The number of primary amides is 1. The third-order valence-electron chi connectivity index (χ3n) is 3.69. The number of benzene rings is 1. The number of halogens is 1. The first kappa shape index (κ1) is 14.0. The van der Waals surface area contributed by atoms with Crippen LogP contribution in [0.4, 0.5) is 5.82 Å². The molecule has 1 amide bonds. The zero-order valence-electron chi connectivity index (χ0n) is 11.4. The lowest BCUT2D eigenvalue weighted by atomic mass is 10.0. The first-order chi connectivity index (χ1) is 10.2. The standard InChI is InChI=1S/C15H15BrN4O/c16-11-5-2-1-4-10(11)13-6-3-7-20(13)14-9-18-8-12(19-14)15(17)21/h1-2,4-5,8-9,13H,3,6-7H2,(H2,17,21). The fourth-order valence-corrected chi connectivity index (χ4v) is 3.27. The van der Waals surface area contributed by atoms with E-state index in [0.29, 0.717) is 5.82 Å². The molecule has 0 radical (unpaired) electrons. The van der Waals surface area contributed by atoms with Gasteiger partial charge in [-0.25, -0.2) is 4.98 Å².